The average Bonchev–Trinajstić information content (AvgIpc) is 2.83. The Labute approximate surface area is 112 Å². The number of hydrogen-bond donors (Lipinski definition) is 0. The Bertz CT molecular complexity index is 583. The highest BCUT2D eigenvalue weighted by molar-refractivity contribution is 5.36. The van der Waals surface area contributed by atoms with Gasteiger partial charge in [-0.25, -0.2) is 9.67 Å². The van der Waals surface area contributed by atoms with E-state index in [9.17, 15) is 0 Å². The van der Waals surface area contributed by atoms with Gasteiger partial charge in [0.1, 0.15) is 18.7 Å². The highest BCUT2D eigenvalue weighted by Gasteiger charge is 2.07. The molecular weight excluding hydrogens is 240 g/mol. The van der Waals surface area contributed by atoms with Crippen LogP contribution >= 0.6 is 0 Å². The van der Waals surface area contributed by atoms with Crippen LogP contribution in [-0.2, 0) is 13.2 Å². The largest absolute Gasteiger partial charge is 0.486 e. The van der Waals surface area contributed by atoms with Crippen molar-refractivity contribution in [2.75, 3.05) is 0 Å². The van der Waals surface area contributed by atoms with Gasteiger partial charge < -0.3 is 4.74 Å². The van der Waals surface area contributed by atoms with Gasteiger partial charge in [0.2, 0.25) is 0 Å². The minimum absolute atomic E-state index is 0.349. The second-order valence-electron chi connectivity index (χ2n) is 4.68. The zero-order chi connectivity index (χ0) is 13.7. The zero-order valence-corrected chi connectivity index (χ0v) is 11.1. The second kappa shape index (κ2) is 6.01. The van der Waals surface area contributed by atoms with Gasteiger partial charge in [-0.15, -0.1) is 0 Å². The summed E-state index contributed by atoms with van der Waals surface area (Å²) in [7, 11) is 0. The molecular formula is C14H16N4O. The van der Waals surface area contributed by atoms with Gasteiger partial charge in [0.15, 0.2) is 5.82 Å². The van der Waals surface area contributed by atoms with Gasteiger partial charge in [-0.3, -0.25) is 0 Å². The lowest BCUT2D eigenvalue weighted by molar-refractivity contribution is 0.282. The molecule has 0 amide bonds. The van der Waals surface area contributed by atoms with Gasteiger partial charge in [-0.1, -0.05) is 19.9 Å². The first kappa shape index (κ1) is 13.1. The molecule has 0 spiro atoms. The van der Waals surface area contributed by atoms with Gasteiger partial charge in [0.05, 0.1) is 11.6 Å². The van der Waals surface area contributed by atoms with E-state index in [-0.39, 0.29) is 0 Å². The minimum Gasteiger partial charge on any atom is -0.486 e. The number of nitrogens with zero attached hydrogens (tertiary/aromatic N) is 4. The van der Waals surface area contributed by atoms with E-state index < -0.39 is 0 Å². The summed E-state index contributed by atoms with van der Waals surface area (Å²) in [6.45, 7) is 5.42. The molecule has 1 heterocycles. The molecule has 5 nitrogen and oxygen atoms in total. The van der Waals surface area contributed by atoms with Crippen molar-refractivity contribution in [3.05, 3.63) is 42.0 Å². The normalized spacial score (nSPS) is 10.4. The third kappa shape index (κ3) is 3.55. The number of rotatable bonds is 5. The third-order valence-corrected chi connectivity index (χ3v) is 2.56. The van der Waals surface area contributed by atoms with Gasteiger partial charge in [0, 0.05) is 6.54 Å². The molecule has 2 rings (SSSR count). The maximum Gasteiger partial charge on any atom is 0.164 e. The fourth-order valence-electron chi connectivity index (χ4n) is 1.70. The Morgan fingerprint density at radius 2 is 2.26 bits per heavy atom. The van der Waals surface area contributed by atoms with Crippen LogP contribution in [0, 0.1) is 17.2 Å². The van der Waals surface area contributed by atoms with E-state index in [1.165, 1.54) is 6.33 Å². The van der Waals surface area contributed by atoms with E-state index in [0.717, 1.165) is 12.4 Å². The third-order valence-electron chi connectivity index (χ3n) is 2.56. The summed E-state index contributed by atoms with van der Waals surface area (Å²) in [4.78, 5) is 4.19. The van der Waals surface area contributed by atoms with E-state index in [0.29, 0.717) is 23.8 Å². The lowest BCUT2D eigenvalue weighted by atomic mass is 10.2. The van der Waals surface area contributed by atoms with Crippen molar-refractivity contribution >= 4 is 0 Å². The second-order valence-corrected chi connectivity index (χ2v) is 4.68. The van der Waals surface area contributed by atoms with Crippen molar-refractivity contribution in [2.45, 2.75) is 27.0 Å². The van der Waals surface area contributed by atoms with Crippen LogP contribution in [0.15, 0.2) is 30.6 Å². The minimum atomic E-state index is 0.349. The maximum absolute atomic E-state index is 8.83. The average molecular weight is 256 g/mol. The molecule has 2 aromatic rings. The number of ether oxygens (including phenoxy) is 1. The van der Waals surface area contributed by atoms with Crippen molar-refractivity contribution in [3.8, 4) is 11.8 Å². The predicted molar refractivity (Wildman–Crippen MR) is 70.3 cm³/mol. The molecule has 0 fully saturated rings. The van der Waals surface area contributed by atoms with Crippen LogP contribution in [0.5, 0.6) is 5.75 Å². The van der Waals surface area contributed by atoms with Crippen LogP contribution in [0.3, 0.4) is 0 Å². The Morgan fingerprint density at radius 1 is 1.42 bits per heavy atom. The molecule has 0 aliphatic rings. The first-order valence-electron chi connectivity index (χ1n) is 6.18. The Kier molecular flexibility index (Phi) is 4.14. The predicted octanol–water partition coefficient (Wildman–Crippen LogP) is 2.38. The summed E-state index contributed by atoms with van der Waals surface area (Å²) in [6.07, 6.45) is 1.53. The maximum atomic E-state index is 8.83. The first-order valence-corrected chi connectivity index (χ1v) is 6.18. The van der Waals surface area contributed by atoms with Crippen LogP contribution in [0.1, 0.15) is 25.2 Å². The van der Waals surface area contributed by atoms with E-state index in [2.05, 4.69) is 30.0 Å². The van der Waals surface area contributed by atoms with Crippen LogP contribution in [0.25, 0.3) is 0 Å². The molecule has 0 saturated carbocycles. The molecule has 0 N–H and O–H groups in total. The number of hydrogen-bond acceptors (Lipinski definition) is 4. The van der Waals surface area contributed by atoms with Crippen LogP contribution in [0.2, 0.25) is 0 Å². The molecule has 19 heavy (non-hydrogen) atoms. The van der Waals surface area contributed by atoms with Crippen LogP contribution in [0.4, 0.5) is 0 Å². The molecule has 0 aliphatic carbocycles. The molecule has 0 bridgehead atoms. The summed E-state index contributed by atoms with van der Waals surface area (Å²) in [5, 5.41) is 13.0. The zero-order valence-electron chi connectivity index (χ0n) is 11.1. The van der Waals surface area contributed by atoms with Gasteiger partial charge in [-0.2, -0.15) is 10.4 Å². The van der Waals surface area contributed by atoms with Crippen molar-refractivity contribution in [1.82, 2.24) is 14.8 Å². The molecule has 1 aromatic carbocycles. The fraction of sp³-hybridized carbons (Fsp3) is 0.357. The number of nitriles is 1. The van der Waals surface area contributed by atoms with Gasteiger partial charge in [-0.05, 0) is 24.1 Å². The summed E-state index contributed by atoms with van der Waals surface area (Å²) in [6, 6.07) is 9.16. The van der Waals surface area contributed by atoms with Gasteiger partial charge in [0.25, 0.3) is 0 Å². The monoisotopic (exact) mass is 256 g/mol. The molecule has 98 valence electrons. The molecule has 0 aliphatic heterocycles. The van der Waals surface area contributed by atoms with Crippen molar-refractivity contribution < 1.29 is 4.74 Å². The Hall–Kier alpha value is -2.35. The quantitative estimate of drug-likeness (QED) is 0.824. The molecule has 5 heteroatoms. The number of benzene rings is 1. The highest BCUT2D eigenvalue weighted by atomic mass is 16.5. The number of aromatic nitrogens is 3. The van der Waals surface area contributed by atoms with E-state index in [1.54, 1.807) is 18.2 Å². The molecule has 0 unspecified atom stereocenters. The molecule has 0 radical (unpaired) electrons. The molecule has 0 atom stereocenters. The highest BCUT2D eigenvalue weighted by Crippen LogP contribution is 2.14. The van der Waals surface area contributed by atoms with E-state index in [4.69, 9.17) is 10.00 Å². The smallest absolute Gasteiger partial charge is 0.164 e. The van der Waals surface area contributed by atoms with Gasteiger partial charge >= 0.3 is 0 Å². The summed E-state index contributed by atoms with van der Waals surface area (Å²) in [5.41, 5.74) is 0.584. The topological polar surface area (TPSA) is 63.7 Å². The lowest BCUT2D eigenvalue weighted by Crippen LogP contribution is -2.12. The van der Waals surface area contributed by atoms with E-state index in [1.807, 2.05) is 10.7 Å². The summed E-state index contributed by atoms with van der Waals surface area (Å²) >= 11 is 0. The molecule has 1 aromatic heterocycles. The van der Waals surface area contributed by atoms with Crippen molar-refractivity contribution in [1.29, 1.82) is 5.26 Å². The fourth-order valence-corrected chi connectivity index (χ4v) is 1.70. The lowest BCUT2D eigenvalue weighted by Gasteiger charge is -2.09. The summed E-state index contributed by atoms with van der Waals surface area (Å²) in [5.74, 6) is 1.96. The van der Waals surface area contributed by atoms with Crippen LogP contribution < -0.4 is 4.74 Å². The van der Waals surface area contributed by atoms with E-state index >= 15 is 0 Å². The Balaban J connectivity index is 2.02. The standard InChI is InChI=1S/C14H16N4O/c1-11(2)8-18-14(16-10-17-18)9-19-13-5-3-4-12(6-13)7-15/h3-6,10-11H,8-9H2,1-2H3. The Morgan fingerprint density at radius 3 is 3.00 bits per heavy atom. The first-order chi connectivity index (χ1) is 9.19. The molecule has 0 saturated heterocycles. The SMILES string of the molecule is CC(C)Cn1ncnc1COc1cccc(C#N)c1. The van der Waals surface area contributed by atoms with Crippen LogP contribution in [-0.4, -0.2) is 14.8 Å². The van der Waals surface area contributed by atoms with Crippen molar-refractivity contribution in [2.24, 2.45) is 5.92 Å². The summed E-state index contributed by atoms with van der Waals surface area (Å²) < 4.78 is 7.49. The van der Waals surface area contributed by atoms with Crippen molar-refractivity contribution in [3.63, 3.8) is 0 Å².